The molecule has 0 atom stereocenters. The molecule has 0 radical (unpaired) electrons. The van der Waals surface area contributed by atoms with Gasteiger partial charge >= 0.3 is 5.69 Å². The molecule has 0 bridgehead atoms. The van der Waals surface area contributed by atoms with Crippen molar-refractivity contribution in [3.63, 3.8) is 0 Å². The van der Waals surface area contributed by atoms with Crippen molar-refractivity contribution in [3.05, 3.63) is 38.9 Å². The van der Waals surface area contributed by atoms with Crippen molar-refractivity contribution in [2.75, 3.05) is 5.32 Å². The molecule has 116 valence electrons. The number of nitro groups is 1. The maximum absolute atomic E-state index is 12.0. The smallest absolute Gasteiger partial charge is 0.310 e. The zero-order valence-electron chi connectivity index (χ0n) is 11.9. The van der Waals surface area contributed by atoms with Crippen molar-refractivity contribution >= 4 is 28.1 Å². The molecule has 2 rings (SSSR count). The van der Waals surface area contributed by atoms with Crippen LogP contribution in [0.5, 0.6) is 5.75 Å². The van der Waals surface area contributed by atoms with Gasteiger partial charge in [-0.25, -0.2) is 0 Å². The summed E-state index contributed by atoms with van der Waals surface area (Å²) in [4.78, 5) is 21.9. The molecule has 2 N–H and O–H groups in total. The quantitative estimate of drug-likeness (QED) is 0.645. The lowest BCUT2D eigenvalue weighted by Crippen LogP contribution is -2.11. The fourth-order valence-corrected chi connectivity index (χ4v) is 2.67. The average molecular weight is 322 g/mol. The van der Waals surface area contributed by atoms with E-state index in [1.165, 1.54) is 17.4 Å². The molecular formula is C13H14N4O4S. The Morgan fingerprint density at radius 1 is 1.45 bits per heavy atom. The van der Waals surface area contributed by atoms with E-state index in [0.29, 0.717) is 11.0 Å². The molecule has 1 heterocycles. The van der Waals surface area contributed by atoms with E-state index < -0.39 is 22.3 Å². The molecule has 0 saturated heterocycles. The fraction of sp³-hybridized carbons (Fsp3) is 0.308. The highest BCUT2D eigenvalue weighted by atomic mass is 32.1. The molecule has 0 fully saturated rings. The van der Waals surface area contributed by atoms with E-state index in [2.05, 4.69) is 29.4 Å². The van der Waals surface area contributed by atoms with E-state index in [0.717, 1.165) is 23.6 Å². The first-order valence-corrected chi connectivity index (χ1v) is 7.29. The summed E-state index contributed by atoms with van der Waals surface area (Å²) in [6.07, 6.45) is 0.770. The number of hydrogen-bond acceptors (Lipinski definition) is 7. The second-order valence-corrected chi connectivity index (χ2v) is 6.08. The standard InChI is InChI=1S/C13H14N4O4S/c1-7(2)5-11-15-16-13(22-11)14-12(19)8-3-4-9(17(20)21)10(18)6-8/h3-4,6-7,18H,5H2,1-2H3,(H,14,16,19). The van der Waals surface area contributed by atoms with Gasteiger partial charge in [0.15, 0.2) is 5.75 Å². The van der Waals surface area contributed by atoms with Crippen molar-refractivity contribution in [3.8, 4) is 5.75 Å². The molecule has 2 aromatic rings. The summed E-state index contributed by atoms with van der Waals surface area (Å²) >= 11 is 1.27. The summed E-state index contributed by atoms with van der Waals surface area (Å²) in [5.74, 6) is -0.643. The fourth-order valence-electron chi connectivity index (χ4n) is 1.72. The molecular weight excluding hydrogens is 308 g/mol. The molecule has 0 aliphatic carbocycles. The highest BCUT2D eigenvalue weighted by molar-refractivity contribution is 7.15. The number of nitrogens with zero attached hydrogens (tertiary/aromatic N) is 3. The largest absolute Gasteiger partial charge is 0.502 e. The van der Waals surface area contributed by atoms with Gasteiger partial charge in [0.25, 0.3) is 5.91 Å². The van der Waals surface area contributed by atoms with Gasteiger partial charge in [0, 0.05) is 18.1 Å². The number of aromatic hydroxyl groups is 1. The lowest BCUT2D eigenvalue weighted by Gasteiger charge is -2.02. The zero-order chi connectivity index (χ0) is 16.3. The summed E-state index contributed by atoms with van der Waals surface area (Å²) in [6.45, 7) is 4.11. The minimum Gasteiger partial charge on any atom is -0.502 e. The Labute approximate surface area is 130 Å². The number of anilines is 1. The van der Waals surface area contributed by atoms with Crippen molar-refractivity contribution < 1.29 is 14.8 Å². The number of aromatic nitrogens is 2. The Morgan fingerprint density at radius 3 is 2.77 bits per heavy atom. The predicted octanol–water partition coefficient (Wildman–Crippen LogP) is 2.60. The van der Waals surface area contributed by atoms with E-state index in [1.807, 2.05) is 0 Å². The minimum absolute atomic E-state index is 0.101. The normalized spacial score (nSPS) is 10.7. The Balaban J connectivity index is 2.10. The average Bonchev–Trinajstić information content (AvgIpc) is 2.84. The van der Waals surface area contributed by atoms with E-state index in [-0.39, 0.29) is 5.56 Å². The zero-order valence-corrected chi connectivity index (χ0v) is 12.8. The summed E-state index contributed by atoms with van der Waals surface area (Å²) in [5, 5.41) is 31.7. The van der Waals surface area contributed by atoms with E-state index in [9.17, 15) is 20.0 Å². The molecule has 0 saturated carbocycles. The van der Waals surface area contributed by atoms with Crippen LogP contribution in [0.25, 0.3) is 0 Å². The topological polar surface area (TPSA) is 118 Å². The summed E-state index contributed by atoms with van der Waals surface area (Å²) < 4.78 is 0. The molecule has 22 heavy (non-hydrogen) atoms. The van der Waals surface area contributed by atoms with Crippen molar-refractivity contribution in [1.29, 1.82) is 0 Å². The van der Waals surface area contributed by atoms with Gasteiger partial charge in [-0.2, -0.15) is 0 Å². The van der Waals surface area contributed by atoms with Gasteiger partial charge in [0.1, 0.15) is 5.01 Å². The van der Waals surface area contributed by atoms with Crippen LogP contribution in [0.2, 0.25) is 0 Å². The number of hydrogen-bond donors (Lipinski definition) is 2. The summed E-state index contributed by atoms with van der Waals surface area (Å²) in [7, 11) is 0. The molecule has 0 aliphatic rings. The van der Waals surface area contributed by atoms with Gasteiger partial charge in [-0.1, -0.05) is 25.2 Å². The number of carbonyl (C=O) groups is 1. The van der Waals surface area contributed by atoms with Crippen LogP contribution >= 0.6 is 11.3 Å². The number of phenols is 1. The predicted molar refractivity (Wildman–Crippen MR) is 81.2 cm³/mol. The van der Waals surface area contributed by atoms with Crippen LogP contribution in [-0.2, 0) is 6.42 Å². The monoisotopic (exact) mass is 322 g/mol. The number of rotatable bonds is 5. The third-order valence-electron chi connectivity index (χ3n) is 2.70. The first-order chi connectivity index (χ1) is 10.4. The number of nitrogens with one attached hydrogen (secondary N) is 1. The number of carbonyl (C=O) groups excluding carboxylic acids is 1. The number of amides is 1. The van der Waals surface area contributed by atoms with Crippen molar-refractivity contribution in [1.82, 2.24) is 10.2 Å². The van der Waals surface area contributed by atoms with Gasteiger partial charge in [-0.3, -0.25) is 20.2 Å². The van der Waals surface area contributed by atoms with E-state index in [4.69, 9.17) is 0 Å². The van der Waals surface area contributed by atoms with Crippen LogP contribution in [0.15, 0.2) is 18.2 Å². The molecule has 8 nitrogen and oxygen atoms in total. The van der Waals surface area contributed by atoms with Gasteiger partial charge < -0.3 is 5.11 Å². The van der Waals surface area contributed by atoms with E-state index in [1.54, 1.807) is 0 Å². The van der Waals surface area contributed by atoms with Gasteiger partial charge in [0.05, 0.1) is 4.92 Å². The maximum atomic E-state index is 12.0. The number of phenolic OH excluding ortho intramolecular Hbond substituents is 1. The Bertz CT molecular complexity index is 714. The molecule has 0 unspecified atom stereocenters. The van der Waals surface area contributed by atoms with Crippen LogP contribution in [0, 0.1) is 16.0 Å². The SMILES string of the molecule is CC(C)Cc1nnc(NC(=O)c2ccc([N+](=O)[O-])c(O)c2)s1. The molecule has 0 aliphatic heterocycles. The Morgan fingerprint density at radius 2 is 2.18 bits per heavy atom. The minimum atomic E-state index is -0.722. The van der Waals surface area contributed by atoms with Crippen LogP contribution in [0.4, 0.5) is 10.8 Å². The van der Waals surface area contributed by atoms with E-state index >= 15 is 0 Å². The van der Waals surface area contributed by atoms with Crippen LogP contribution in [0.3, 0.4) is 0 Å². The highest BCUT2D eigenvalue weighted by Crippen LogP contribution is 2.27. The first kappa shape index (κ1) is 15.8. The molecule has 1 aromatic carbocycles. The highest BCUT2D eigenvalue weighted by Gasteiger charge is 2.17. The van der Waals surface area contributed by atoms with Crippen LogP contribution in [-0.4, -0.2) is 26.1 Å². The second-order valence-electron chi connectivity index (χ2n) is 5.01. The second kappa shape index (κ2) is 6.48. The Kier molecular flexibility index (Phi) is 4.66. The molecule has 0 spiro atoms. The van der Waals surface area contributed by atoms with Crippen molar-refractivity contribution in [2.45, 2.75) is 20.3 Å². The van der Waals surface area contributed by atoms with Crippen LogP contribution in [0.1, 0.15) is 29.2 Å². The Hall–Kier alpha value is -2.55. The third-order valence-corrected chi connectivity index (χ3v) is 3.57. The van der Waals surface area contributed by atoms with Crippen LogP contribution < -0.4 is 5.32 Å². The maximum Gasteiger partial charge on any atom is 0.310 e. The van der Waals surface area contributed by atoms with Gasteiger partial charge in [-0.05, 0) is 18.1 Å². The molecule has 1 amide bonds. The van der Waals surface area contributed by atoms with Gasteiger partial charge in [0.2, 0.25) is 5.13 Å². The number of benzene rings is 1. The van der Waals surface area contributed by atoms with Crippen molar-refractivity contribution in [2.24, 2.45) is 5.92 Å². The lowest BCUT2D eigenvalue weighted by atomic mass is 10.1. The molecule has 9 heteroatoms. The van der Waals surface area contributed by atoms with Gasteiger partial charge in [-0.15, -0.1) is 10.2 Å². The first-order valence-electron chi connectivity index (χ1n) is 6.48. The summed E-state index contributed by atoms with van der Waals surface area (Å²) in [5.41, 5.74) is -0.351. The molecule has 1 aromatic heterocycles. The number of nitro benzene ring substituents is 1. The summed E-state index contributed by atoms with van der Waals surface area (Å²) in [6, 6.07) is 3.39. The third kappa shape index (κ3) is 3.76. The lowest BCUT2D eigenvalue weighted by molar-refractivity contribution is -0.385.